The van der Waals surface area contributed by atoms with E-state index in [1.165, 1.54) is 11.3 Å². The van der Waals surface area contributed by atoms with Gasteiger partial charge in [-0.05, 0) is 43.9 Å². The molecule has 4 rings (SSSR count). The van der Waals surface area contributed by atoms with Crippen LogP contribution in [0.1, 0.15) is 44.0 Å². The van der Waals surface area contributed by atoms with E-state index in [1.807, 2.05) is 24.3 Å². The van der Waals surface area contributed by atoms with Crippen molar-refractivity contribution < 1.29 is 18.7 Å². The van der Waals surface area contributed by atoms with Crippen molar-refractivity contribution >= 4 is 39.9 Å². The van der Waals surface area contributed by atoms with Gasteiger partial charge in [-0.15, -0.1) is 11.3 Å². The summed E-state index contributed by atoms with van der Waals surface area (Å²) in [5.74, 6) is -0.509. The predicted molar refractivity (Wildman–Crippen MR) is 96.5 cm³/mol. The number of ether oxygens (including phenoxy) is 1. The standard InChI is InChI=1S/C19H17NO4S/c1-2-23-19(22)17-16(12-7-5-9-15(12)25-17)20-18(21)14-10-11-6-3-4-8-13(11)24-14/h3-4,6,8,10H,2,5,7,9H2,1H3,(H,20,21). The third kappa shape index (κ3) is 2.82. The quantitative estimate of drug-likeness (QED) is 0.704. The van der Waals surface area contributed by atoms with Crippen molar-refractivity contribution in [1.82, 2.24) is 0 Å². The Morgan fingerprint density at radius 2 is 2.12 bits per heavy atom. The van der Waals surface area contributed by atoms with Gasteiger partial charge in [0, 0.05) is 10.3 Å². The maximum atomic E-state index is 12.7. The molecule has 0 saturated carbocycles. The zero-order chi connectivity index (χ0) is 17.4. The fraction of sp³-hybridized carbons (Fsp3) is 0.263. The number of anilines is 1. The van der Waals surface area contributed by atoms with E-state index in [1.54, 1.807) is 13.0 Å². The number of aryl methyl sites for hydroxylation is 1. The first-order valence-corrected chi connectivity index (χ1v) is 9.10. The number of fused-ring (bicyclic) bond motifs is 2. The first-order valence-electron chi connectivity index (χ1n) is 8.29. The van der Waals surface area contributed by atoms with Crippen molar-refractivity contribution in [2.24, 2.45) is 0 Å². The molecule has 1 N–H and O–H groups in total. The molecule has 5 nitrogen and oxygen atoms in total. The van der Waals surface area contributed by atoms with Crippen LogP contribution in [0.25, 0.3) is 11.0 Å². The van der Waals surface area contributed by atoms with Crippen molar-refractivity contribution in [2.75, 3.05) is 11.9 Å². The Balaban J connectivity index is 1.67. The van der Waals surface area contributed by atoms with E-state index in [4.69, 9.17) is 9.15 Å². The summed E-state index contributed by atoms with van der Waals surface area (Å²) in [6, 6.07) is 9.17. The molecule has 1 aromatic carbocycles. The Kier molecular flexibility index (Phi) is 4.05. The van der Waals surface area contributed by atoms with E-state index in [2.05, 4.69) is 5.32 Å². The zero-order valence-electron chi connectivity index (χ0n) is 13.8. The Morgan fingerprint density at radius 3 is 2.92 bits per heavy atom. The lowest BCUT2D eigenvalue weighted by atomic mass is 10.2. The van der Waals surface area contributed by atoms with E-state index in [0.29, 0.717) is 22.8 Å². The second-order valence-corrected chi connectivity index (χ2v) is 6.99. The number of rotatable bonds is 4. The molecule has 1 aliphatic rings. The Bertz CT molecular complexity index is 936. The summed E-state index contributed by atoms with van der Waals surface area (Å²) in [6.07, 6.45) is 2.84. The lowest BCUT2D eigenvalue weighted by Gasteiger charge is -2.07. The maximum Gasteiger partial charge on any atom is 0.350 e. The molecular formula is C19H17NO4S. The molecule has 1 aliphatic carbocycles. The lowest BCUT2D eigenvalue weighted by Crippen LogP contribution is -2.15. The Morgan fingerprint density at radius 1 is 1.28 bits per heavy atom. The molecule has 128 valence electrons. The Labute approximate surface area is 148 Å². The fourth-order valence-corrected chi connectivity index (χ4v) is 4.38. The third-order valence-corrected chi connectivity index (χ3v) is 5.54. The molecule has 2 heterocycles. The number of amides is 1. The van der Waals surface area contributed by atoms with E-state index >= 15 is 0 Å². The van der Waals surface area contributed by atoms with Gasteiger partial charge in [0.15, 0.2) is 5.76 Å². The fourth-order valence-electron chi connectivity index (χ4n) is 3.15. The highest BCUT2D eigenvalue weighted by atomic mass is 32.1. The first-order chi connectivity index (χ1) is 12.2. The van der Waals surface area contributed by atoms with E-state index in [9.17, 15) is 9.59 Å². The summed E-state index contributed by atoms with van der Waals surface area (Å²) >= 11 is 1.42. The van der Waals surface area contributed by atoms with E-state index in [0.717, 1.165) is 35.1 Å². The molecular weight excluding hydrogens is 338 g/mol. The topological polar surface area (TPSA) is 68.5 Å². The minimum absolute atomic E-state index is 0.231. The molecule has 0 bridgehead atoms. The van der Waals surface area contributed by atoms with Crippen molar-refractivity contribution in [2.45, 2.75) is 26.2 Å². The van der Waals surface area contributed by atoms with Crippen LogP contribution in [0.2, 0.25) is 0 Å². The second kappa shape index (κ2) is 6.37. The lowest BCUT2D eigenvalue weighted by molar-refractivity contribution is 0.0533. The Hall–Kier alpha value is -2.60. The number of hydrogen-bond donors (Lipinski definition) is 1. The van der Waals surface area contributed by atoms with Crippen molar-refractivity contribution in [3.05, 3.63) is 51.4 Å². The second-order valence-electron chi connectivity index (χ2n) is 5.88. The van der Waals surface area contributed by atoms with Gasteiger partial charge >= 0.3 is 5.97 Å². The summed E-state index contributed by atoms with van der Waals surface area (Å²) in [4.78, 5) is 26.5. The van der Waals surface area contributed by atoms with Crippen molar-refractivity contribution in [3.63, 3.8) is 0 Å². The number of thiophene rings is 1. The summed E-state index contributed by atoms with van der Waals surface area (Å²) in [7, 11) is 0. The molecule has 0 saturated heterocycles. The SMILES string of the molecule is CCOC(=O)c1sc2c(c1NC(=O)c1cc3ccccc3o1)CCC2. The van der Waals surface area contributed by atoms with E-state index in [-0.39, 0.29) is 17.6 Å². The number of nitrogens with one attached hydrogen (secondary N) is 1. The number of para-hydroxylation sites is 1. The average molecular weight is 355 g/mol. The number of esters is 1. The molecule has 1 amide bonds. The molecule has 3 aromatic rings. The molecule has 0 atom stereocenters. The normalized spacial score (nSPS) is 13.0. The molecule has 0 aliphatic heterocycles. The van der Waals surface area contributed by atoms with Crippen LogP contribution in [0, 0.1) is 0 Å². The highest BCUT2D eigenvalue weighted by molar-refractivity contribution is 7.14. The van der Waals surface area contributed by atoms with Crippen LogP contribution in [0.15, 0.2) is 34.7 Å². The van der Waals surface area contributed by atoms with Crippen LogP contribution in [0.3, 0.4) is 0 Å². The van der Waals surface area contributed by atoms with Crippen LogP contribution in [-0.4, -0.2) is 18.5 Å². The number of benzene rings is 1. The van der Waals surface area contributed by atoms with Crippen molar-refractivity contribution in [3.8, 4) is 0 Å². The van der Waals surface area contributed by atoms with Crippen LogP contribution in [-0.2, 0) is 17.6 Å². The highest BCUT2D eigenvalue weighted by Gasteiger charge is 2.28. The minimum Gasteiger partial charge on any atom is -0.462 e. The van der Waals surface area contributed by atoms with Gasteiger partial charge in [0.25, 0.3) is 5.91 Å². The largest absolute Gasteiger partial charge is 0.462 e. The van der Waals surface area contributed by atoms with E-state index < -0.39 is 0 Å². The molecule has 0 spiro atoms. The van der Waals surface area contributed by atoms with Gasteiger partial charge in [-0.2, -0.15) is 0 Å². The van der Waals surface area contributed by atoms with Gasteiger partial charge in [0.1, 0.15) is 10.5 Å². The van der Waals surface area contributed by atoms with Gasteiger partial charge in [-0.25, -0.2) is 4.79 Å². The molecule has 0 fully saturated rings. The van der Waals surface area contributed by atoms with Gasteiger partial charge < -0.3 is 14.5 Å². The smallest absolute Gasteiger partial charge is 0.350 e. The van der Waals surface area contributed by atoms with Gasteiger partial charge in [0.05, 0.1) is 12.3 Å². The van der Waals surface area contributed by atoms with Gasteiger partial charge in [-0.1, -0.05) is 18.2 Å². The molecule has 2 aromatic heterocycles. The molecule has 25 heavy (non-hydrogen) atoms. The summed E-state index contributed by atoms with van der Waals surface area (Å²) < 4.78 is 10.8. The molecule has 0 unspecified atom stereocenters. The number of hydrogen-bond acceptors (Lipinski definition) is 5. The number of furan rings is 1. The third-order valence-electron chi connectivity index (χ3n) is 4.27. The van der Waals surface area contributed by atoms with Gasteiger partial charge in [-0.3, -0.25) is 4.79 Å². The first kappa shape index (κ1) is 15.9. The maximum absolute atomic E-state index is 12.7. The highest BCUT2D eigenvalue weighted by Crippen LogP contribution is 2.40. The molecule has 6 heteroatoms. The summed E-state index contributed by atoms with van der Waals surface area (Å²) in [6.45, 7) is 2.07. The van der Waals surface area contributed by atoms with Crippen LogP contribution < -0.4 is 5.32 Å². The molecule has 0 radical (unpaired) electrons. The number of carbonyl (C=O) groups excluding carboxylic acids is 2. The zero-order valence-corrected chi connectivity index (χ0v) is 14.6. The summed E-state index contributed by atoms with van der Waals surface area (Å²) in [5.41, 5.74) is 2.30. The monoisotopic (exact) mass is 355 g/mol. The van der Waals surface area contributed by atoms with Crippen LogP contribution in [0.5, 0.6) is 0 Å². The predicted octanol–water partition coefficient (Wildman–Crippen LogP) is 4.41. The summed E-state index contributed by atoms with van der Waals surface area (Å²) in [5, 5.41) is 3.75. The van der Waals surface area contributed by atoms with Gasteiger partial charge in [0.2, 0.25) is 0 Å². The van der Waals surface area contributed by atoms with Crippen molar-refractivity contribution in [1.29, 1.82) is 0 Å². The van der Waals surface area contributed by atoms with Crippen LogP contribution >= 0.6 is 11.3 Å². The number of carbonyl (C=O) groups is 2. The average Bonchev–Trinajstić information content (AvgIpc) is 3.29. The van der Waals surface area contributed by atoms with Crippen LogP contribution in [0.4, 0.5) is 5.69 Å². The minimum atomic E-state index is -0.387.